The van der Waals surface area contributed by atoms with Crippen molar-refractivity contribution in [1.29, 1.82) is 0 Å². The number of amides is 3. The lowest BCUT2D eigenvalue weighted by Crippen LogP contribution is -2.46. The normalized spacial score (nSPS) is 15.5. The zero-order valence-electron chi connectivity index (χ0n) is 17.3. The van der Waals surface area contributed by atoms with E-state index in [1.54, 1.807) is 12.0 Å². The molecule has 1 aliphatic heterocycles. The first kappa shape index (κ1) is 20.7. The van der Waals surface area contributed by atoms with E-state index in [2.05, 4.69) is 10.6 Å². The fourth-order valence-electron chi connectivity index (χ4n) is 3.66. The number of hydrogen-bond acceptors (Lipinski definition) is 3. The van der Waals surface area contributed by atoms with Crippen LogP contribution in [-0.4, -0.2) is 37.0 Å². The van der Waals surface area contributed by atoms with Crippen molar-refractivity contribution in [1.82, 2.24) is 10.2 Å². The van der Waals surface area contributed by atoms with Crippen molar-refractivity contribution in [3.8, 4) is 5.75 Å². The average Bonchev–Trinajstić information content (AvgIpc) is 2.74. The molecule has 1 heterocycles. The van der Waals surface area contributed by atoms with Gasteiger partial charge in [0.25, 0.3) is 0 Å². The number of anilines is 1. The van der Waals surface area contributed by atoms with E-state index in [1.807, 2.05) is 62.4 Å². The summed E-state index contributed by atoms with van der Waals surface area (Å²) in [5.74, 6) is 0.711. The molecule has 29 heavy (non-hydrogen) atoms. The number of nitrogens with zero attached hydrogens (tertiary/aromatic N) is 1. The highest BCUT2D eigenvalue weighted by Gasteiger charge is 2.28. The van der Waals surface area contributed by atoms with Crippen LogP contribution in [0.4, 0.5) is 10.5 Å². The van der Waals surface area contributed by atoms with Crippen LogP contribution in [0, 0.1) is 12.8 Å². The number of likely N-dealkylation sites (tertiary alicyclic amines) is 1. The minimum atomic E-state index is -0.170. The highest BCUT2D eigenvalue weighted by atomic mass is 16.5. The number of rotatable bonds is 5. The van der Waals surface area contributed by atoms with Crippen LogP contribution < -0.4 is 15.4 Å². The number of nitrogens with one attached hydrogen (secondary N) is 2. The van der Waals surface area contributed by atoms with Crippen molar-refractivity contribution in [2.75, 3.05) is 25.5 Å². The fourth-order valence-corrected chi connectivity index (χ4v) is 3.66. The number of methoxy groups -OCH3 is 1. The first-order chi connectivity index (χ1) is 14.0. The summed E-state index contributed by atoms with van der Waals surface area (Å²) in [5.41, 5.74) is 2.88. The fraction of sp³-hybridized carbons (Fsp3) is 0.391. The summed E-state index contributed by atoms with van der Waals surface area (Å²) in [5, 5.41) is 6.01. The highest BCUT2D eigenvalue weighted by Crippen LogP contribution is 2.27. The van der Waals surface area contributed by atoms with Gasteiger partial charge in [-0.2, -0.15) is 0 Å². The molecule has 0 aromatic heterocycles. The third-order valence-corrected chi connectivity index (χ3v) is 5.39. The lowest BCUT2D eigenvalue weighted by Gasteiger charge is -2.32. The molecule has 1 atom stereocenters. The number of urea groups is 1. The van der Waals surface area contributed by atoms with Gasteiger partial charge in [0.2, 0.25) is 5.91 Å². The van der Waals surface area contributed by atoms with Crippen molar-refractivity contribution in [2.45, 2.75) is 32.7 Å². The molecular formula is C23H29N3O3. The van der Waals surface area contributed by atoms with Gasteiger partial charge in [-0.15, -0.1) is 0 Å². The second kappa shape index (κ2) is 9.45. The smallest absolute Gasteiger partial charge is 0.317 e. The maximum atomic E-state index is 12.7. The highest BCUT2D eigenvalue weighted by molar-refractivity contribution is 5.92. The van der Waals surface area contributed by atoms with Crippen molar-refractivity contribution >= 4 is 17.6 Å². The number of carbonyl (C=O) groups excluding carboxylic acids is 2. The second-order valence-corrected chi connectivity index (χ2v) is 7.53. The Morgan fingerprint density at radius 1 is 1.10 bits per heavy atom. The first-order valence-corrected chi connectivity index (χ1v) is 10.0. The SMILES string of the molecule is COc1ccc(C)cc1C(C)NC(=O)N1CCC(C(=O)Nc2ccccc2)CC1. The zero-order valence-corrected chi connectivity index (χ0v) is 17.3. The molecule has 3 amide bonds. The topological polar surface area (TPSA) is 70.7 Å². The predicted molar refractivity (Wildman–Crippen MR) is 114 cm³/mol. The Bertz CT molecular complexity index is 846. The van der Waals surface area contributed by atoms with Crippen LogP contribution in [0.15, 0.2) is 48.5 Å². The minimum Gasteiger partial charge on any atom is -0.496 e. The van der Waals surface area contributed by atoms with Crippen LogP contribution in [0.3, 0.4) is 0 Å². The van der Waals surface area contributed by atoms with Gasteiger partial charge in [0, 0.05) is 30.3 Å². The van der Waals surface area contributed by atoms with Gasteiger partial charge in [0.1, 0.15) is 5.75 Å². The van der Waals surface area contributed by atoms with E-state index in [0.29, 0.717) is 25.9 Å². The van der Waals surface area contributed by atoms with Crippen LogP contribution in [0.1, 0.15) is 36.9 Å². The average molecular weight is 396 g/mol. The molecule has 2 N–H and O–H groups in total. The lowest BCUT2D eigenvalue weighted by atomic mass is 9.96. The number of ether oxygens (including phenoxy) is 1. The molecule has 154 valence electrons. The predicted octanol–water partition coefficient (Wildman–Crippen LogP) is 4.12. The summed E-state index contributed by atoms with van der Waals surface area (Å²) in [6.07, 6.45) is 1.32. The van der Waals surface area contributed by atoms with Crippen LogP contribution >= 0.6 is 0 Å². The molecule has 0 saturated carbocycles. The molecule has 1 saturated heterocycles. The summed E-state index contributed by atoms with van der Waals surface area (Å²) in [6.45, 7) is 5.10. The molecular weight excluding hydrogens is 366 g/mol. The van der Waals surface area contributed by atoms with Crippen LogP contribution in [0.2, 0.25) is 0 Å². The van der Waals surface area contributed by atoms with Crippen molar-refractivity contribution in [3.63, 3.8) is 0 Å². The van der Waals surface area contributed by atoms with Gasteiger partial charge in [-0.05, 0) is 44.9 Å². The number of carbonyl (C=O) groups is 2. The summed E-state index contributed by atoms with van der Waals surface area (Å²) < 4.78 is 5.43. The van der Waals surface area contributed by atoms with Crippen molar-refractivity contribution in [3.05, 3.63) is 59.7 Å². The number of aryl methyl sites for hydroxylation is 1. The molecule has 1 unspecified atom stereocenters. The molecule has 1 aliphatic rings. The van der Waals surface area contributed by atoms with E-state index in [4.69, 9.17) is 4.74 Å². The van der Waals surface area contributed by atoms with Crippen LogP contribution in [0.25, 0.3) is 0 Å². The van der Waals surface area contributed by atoms with E-state index in [9.17, 15) is 9.59 Å². The van der Waals surface area contributed by atoms with E-state index in [0.717, 1.165) is 22.6 Å². The van der Waals surface area contributed by atoms with Gasteiger partial charge in [-0.1, -0.05) is 35.9 Å². The summed E-state index contributed by atoms with van der Waals surface area (Å²) in [7, 11) is 1.63. The Hall–Kier alpha value is -3.02. The monoisotopic (exact) mass is 395 g/mol. The van der Waals surface area contributed by atoms with Gasteiger partial charge in [-0.25, -0.2) is 4.79 Å². The van der Waals surface area contributed by atoms with Gasteiger partial charge < -0.3 is 20.3 Å². The maximum absolute atomic E-state index is 12.7. The summed E-state index contributed by atoms with van der Waals surface area (Å²) in [4.78, 5) is 27.0. The molecule has 3 rings (SSSR count). The van der Waals surface area contributed by atoms with Gasteiger partial charge in [-0.3, -0.25) is 4.79 Å². The Kier molecular flexibility index (Phi) is 6.75. The quantitative estimate of drug-likeness (QED) is 0.800. The van der Waals surface area contributed by atoms with Crippen molar-refractivity contribution in [2.24, 2.45) is 5.92 Å². The van der Waals surface area contributed by atoms with Gasteiger partial charge >= 0.3 is 6.03 Å². The molecule has 6 nitrogen and oxygen atoms in total. The molecule has 0 bridgehead atoms. The minimum absolute atomic E-state index is 0.0223. The lowest BCUT2D eigenvalue weighted by molar-refractivity contribution is -0.121. The summed E-state index contributed by atoms with van der Waals surface area (Å²) in [6, 6.07) is 15.1. The molecule has 6 heteroatoms. The Morgan fingerprint density at radius 3 is 2.45 bits per heavy atom. The van der Waals surface area contributed by atoms with E-state index >= 15 is 0 Å². The van der Waals surface area contributed by atoms with E-state index < -0.39 is 0 Å². The third kappa shape index (κ3) is 5.28. The van der Waals surface area contributed by atoms with Crippen molar-refractivity contribution < 1.29 is 14.3 Å². The number of piperidine rings is 1. The largest absolute Gasteiger partial charge is 0.496 e. The molecule has 2 aromatic carbocycles. The number of para-hydroxylation sites is 1. The molecule has 0 radical (unpaired) electrons. The first-order valence-electron chi connectivity index (χ1n) is 10.0. The van der Waals surface area contributed by atoms with E-state index in [1.165, 1.54) is 0 Å². The summed E-state index contributed by atoms with van der Waals surface area (Å²) >= 11 is 0. The van der Waals surface area contributed by atoms with Crippen LogP contribution in [0.5, 0.6) is 5.75 Å². The Morgan fingerprint density at radius 2 is 1.79 bits per heavy atom. The number of hydrogen-bond donors (Lipinski definition) is 2. The van der Waals surface area contributed by atoms with Crippen LogP contribution in [-0.2, 0) is 4.79 Å². The molecule has 2 aromatic rings. The molecule has 1 fully saturated rings. The van der Waals surface area contributed by atoms with Gasteiger partial charge in [0.05, 0.1) is 13.2 Å². The molecule has 0 aliphatic carbocycles. The standard InChI is InChI=1S/C23H29N3O3/c1-16-9-10-21(29-3)20(15-16)17(2)24-23(28)26-13-11-18(12-14-26)22(27)25-19-7-5-4-6-8-19/h4-10,15,17-18H,11-14H2,1-3H3,(H,24,28)(H,25,27). The zero-order chi connectivity index (χ0) is 20.8. The maximum Gasteiger partial charge on any atom is 0.317 e. The Balaban J connectivity index is 1.52. The van der Waals surface area contributed by atoms with Gasteiger partial charge in [0.15, 0.2) is 0 Å². The molecule has 0 spiro atoms. The Labute approximate surface area is 172 Å². The third-order valence-electron chi connectivity index (χ3n) is 5.39. The second-order valence-electron chi connectivity index (χ2n) is 7.53. The number of benzene rings is 2. The van der Waals surface area contributed by atoms with E-state index in [-0.39, 0.29) is 23.9 Å².